The summed E-state index contributed by atoms with van der Waals surface area (Å²) in [6.07, 6.45) is 7.98. The third-order valence-corrected chi connectivity index (χ3v) is 8.33. The van der Waals surface area contributed by atoms with E-state index in [9.17, 15) is 13.2 Å². The summed E-state index contributed by atoms with van der Waals surface area (Å²) in [4.78, 5) is 17.6. The van der Waals surface area contributed by atoms with E-state index in [0.717, 1.165) is 24.1 Å². The van der Waals surface area contributed by atoms with Gasteiger partial charge < -0.3 is 14.5 Å². The number of ether oxygens (including phenoxy) is 1. The zero-order chi connectivity index (χ0) is 25.1. The molecule has 0 spiro atoms. The average Bonchev–Trinajstić information content (AvgIpc) is 3.35. The highest BCUT2D eigenvalue weighted by molar-refractivity contribution is 7.89. The second-order valence-electron chi connectivity index (χ2n) is 8.35. The van der Waals surface area contributed by atoms with E-state index >= 15 is 0 Å². The van der Waals surface area contributed by atoms with Gasteiger partial charge in [-0.1, -0.05) is 24.7 Å². The Morgan fingerprint density at radius 3 is 2.77 bits per heavy atom. The maximum atomic E-state index is 12.8. The van der Waals surface area contributed by atoms with E-state index in [2.05, 4.69) is 15.0 Å². The largest absolute Gasteiger partial charge is 0.460 e. The van der Waals surface area contributed by atoms with Gasteiger partial charge in [-0.25, -0.2) is 13.4 Å². The van der Waals surface area contributed by atoms with E-state index in [4.69, 9.17) is 22.2 Å². The summed E-state index contributed by atoms with van der Waals surface area (Å²) in [5.41, 5.74) is 1.29. The second kappa shape index (κ2) is 10.1. The van der Waals surface area contributed by atoms with Gasteiger partial charge in [0.2, 0.25) is 10.0 Å². The number of likely N-dealkylation sites (N-methyl/N-ethyl adjacent to an activating group) is 1. The predicted molar refractivity (Wildman–Crippen MR) is 133 cm³/mol. The average molecular weight is 512 g/mol. The number of imidazole rings is 1. The minimum absolute atomic E-state index is 0.0405. The third kappa shape index (κ3) is 4.91. The summed E-state index contributed by atoms with van der Waals surface area (Å²) in [5, 5.41) is 12.0. The molecule has 3 aromatic rings. The van der Waals surface area contributed by atoms with Crippen LogP contribution in [0.2, 0.25) is 0 Å². The highest BCUT2D eigenvalue weighted by Crippen LogP contribution is 2.42. The third-order valence-electron chi connectivity index (χ3n) is 6.35. The quantitative estimate of drug-likeness (QED) is 0.366. The molecule has 1 aliphatic rings. The molecule has 11 heteroatoms. The first-order valence-electron chi connectivity index (χ1n) is 11.1. The molecular weight excluding hydrogens is 486 g/mol. The Labute approximate surface area is 209 Å². The minimum atomic E-state index is -3.95. The Morgan fingerprint density at radius 2 is 2.06 bits per heavy atom. The maximum absolute atomic E-state index is 12.8. The standard InChI is InChI=1S/C24H25N5O4S2/c1-26-23(34)24(18-7-10-21-27-12-13-29(21)16-18)11-3-2-4-20(24)33-22(30)15-28-35(31,32)19-8-5-17(14-25)6-9-19/h5-10,12-13,16,20,28H,2-4,11,15H2,1H3,(H,26,34). The SMILES string of the molecule is CNC(=S)C1(c2ccc3nccn3c2)CCCCC1OC(=O)CNS(=O)(=O)c1ccc(C#N)cc1. The lowest BCUT2D eigenvalue weighted by Gasteiger charge is -2.44. The van der Waals surface area contributed by atoms with Gasteiger partial charge in [-0.3, -0.25) is 4.79 Å². The van der Waals surface area contributed by atoms with Crippen molar-refractivity contribution >= 4 is 38.8 Å². The fraction of sp³-hybridized carbons (Fsp3) is 0.333. The van der Waals surface area contributed by atoms with Gasteiger partial charge in [0, 0.05) is 25.6 Å². The molecule has 1 aromatic carbocycles. The van der Waals surface area contributed by atoms with Crippen LogP contribution in [0.4, 0.5) is 0 Å². The minimum Gasteiger partial charge on any atom is -0.460 e. The smallest absolute Gasteiger partial charge is 0.321 e. The van der Waals surface area contributed by atoms with Crippen LogP contribution in [-0.2, 0) is 25.0 Å². The molecule has 182 valence electrons. The molecule has 0 bridgehead atoms. The monoisotopic (exact) mass is 511 g/mol. The number of hydrogen-bond donors (Lipinski definition) is 2. The lowest BCUT2D eigenvalue weighted by molar-refractivity contribution is -0.151. The summed E-state index contributed by atoms with van der Waals surface area (Å²) < 4.78 is 35.2. The van der Waals surface area contributed by atoms with Crippen LogP contribution >= 0.6 is 12.2 Å². The van der Waals surface area contributed by atoms with Crippen molar-refractivity contribution in [2.24, 2.45) is 0 Å². The Hall–Kier alpha value is -3.33. The fourth-order valence-electron chi connectivity index (χ4n) is 4.57. The molecular formula is C24H25N5O4S2. The van der Waals surface area contributed by atoms with Crippen molar-refractivity contribution in [3.05, 3.63) is 66.1 Å². The van der Waals surface area contributed by atoms with Crippen LogP contribution in [-0.4, -0.2) is 48.5 Å². The first-order chi connectivity index (χ1) is 16.8. The maximum Gasteiger partial charge on any atom is 0.321 e. The molecule has 2 aromatic heterocycles. The number of aromatic nitrogens is 2. The summed E-state index contributed by atoms with van der Waals surface area (Å²) in [5.74, 6) is -0.693. The molecule has 9 nitrogen and oxygen atoms in total. The Morgan fingerprint density at radius 1 is 1.29 bits per heavy atom. The van der Waals surface area contributed by atoms with E-state index in [1.807, 2.05) is 35.0 Å². The summed E-state index contributed by atoms with van der Waals surface area (Å²) in [7, 11) is -2.20. The molecule has 2 unspecified atom stereocenters. The van der Waals surface area contributed by atoms with Gasteiger partial charge in [-0.15, -0.1) is 0 Å². The number of nitrogens with zero attached hydrogens (tertiary/aromatic N) is 3. The molecule has 2 N–H and O–H groups in total. The first kappa shape index (κ1) is 24.8. The van der Waals surface area contributed by atoms with Crippen molar-refractivity contribution in [3.8, 4) is 6.07 Å². The Balaban J connectivity index is 1.55. The summed E-state index contributed by atoms with van der Waals surface area (Å²) >= 11 is 5.75. The van der Waals surface area contributed by atoms with Gasteiger partial charge in [-0.05, 0) is 55.2 Å². The Bertz CT molecular complexity index is 1400. The van der Waals surface area contributed by atoms with E-state index < -0.39 is 34.1 Å². The van der Waals surface area contributed by atoms with Gasteiger partial charge in [0.25, 0.3) is 0 Å². The highest BCUT2D eigenvalue weighted by Gasteiger charge is 2.48. The molecule has 35 heavy (non-hydrogen) atoms. The fourth-order valence-corrected chi connectivity index (χ4v) is 5.90. The molecule has 1 aliphatic carbocycles. The van der Waals surface area contributed by atoms with Crippen LogP contribution in [0.15, 0.2) is 59.9 Å². The van der Waals surface area contributed by atoms with Crippen LogP contribution in [0, 0.1) is 11.3 Å². The van der Waals surface area contributed by atoms with Gasteiger partial charge in [-0.2, -0.15) is 9.98 Å². The van der Waals surface area contributed by atoms with Gasteiger partial charge in [0.1, 0.15) is 18.3 Å². The number of pyridine rings is 1. The molecule has 1 fully saturated rings. The number of hydrogen-bond acceptors (Lipinski definition) is 7. The number of sulfonamides is 1. The van der Waals surface area contributed by atoms with Crippen LogP contribution in [0.1, 0.15) is 36.8 Å². The summed E-state index contributed by atoms with van der Waals surface area (Å²) in [6, 6.07) is 11.2. The number of esters is 1. The number of fused-ring (bicyclic) bond motifs is 1. The molecule has 1 saturated carbocycles. The van der Waals surface area contributed by atoms with E-state index in [1.54, 1.807) is 13.2 Å². The van der Waals surface area contributed by atoms with Crippen LogP contribution < -0.4 is 10.0 Å². The molecule has 2 atom stereocenters. The molecule has 0 saturated heterocycles. The molecule has 0 aliphatic heterocycles. The number of rotatable bonds is 7. The second-order valence-corrected chi connectivity index (χ2v) is 10.5. The van der Waals surface area contributed by atoms with Gasteiger partial charge in [0.05, 0.1) is 26.9 Å². The number of thiocarbonyl (C=S) groups is 1. The topological polar surface area (TPSA) is 126 Å². The van der Waals surface area contributed by atoms with E-state index in [0.29, 0.717) is 23.4 Å². The van der Waals surface area contributed by atoms with E-state index in [-0.39, 0.29) is 4.90 Å². The first-order valence-corrected chi connectivity index (χ1v) is 13.0. The number of carbonyl (C=O) groups is 1. The van der Waals surface area contributed by atoms with Crippen LogP contribution in [0.25, 0.3) is 5.65 Å². The number of benzene rings is 1. The van der Waals surface area contributed by atoms with Crippen LogP contribution in [0.5, 0.6) is 0 Å². The number of carbonyl (C=O) groups excluding carboxylic acids is 1. The van der Waals surface area contributed by atoms with Crippen LogP contribution in [0.3, 0.4) is 0 Å². The van der Waals surface area contributed by atoms with Crippen molar-refractivity contribution < 1.29 is 17.9 Å². The van der Waals surface area contributed by atoms with Crippen molar-refractivity contribution in [2.75, 3.05) is 13.6 Å². The normalized spacial score (nSPS) is 20.2. The summed E-state index contributed by atoms with van der Waals surface area (Å²) in [6.45, 7) is -0.526. The van der Waals surface area contributed by atoms with E-state index in [1.165, 1.54) is 24.3 Å². The van der Waals surface area contributed by atoms with Crippen molar-refractivity contribution in [2.45, 2.75) is 42.1 Å². The van der Waals surface area contributed by atoms with Gasteiger partial charge in [0.15, 0.2) is 0 Å². The predicted octanol–water partition coefficient (Wildman–Crippen LogP) is 2.45. The van der Waals surface area contributed by atoms with Crippen molar-refractivity contribution in [1.29, 1.82) is 5.26 Å². The number of nitrogens with one attached hydrogen (secondary N) is 2. The zero-order valence-electron chi connectivity index (χ0n) is 19.1. The molecule has 2 heterocycles. The van der Waals surface area contributed by atoms with Gasteiger partial charge >= 0.3 is 5.97 Å². The number of nitriles is 1. The lowest BCUT2D eigenvalue weighted by atomic mass is 9.67. The highest BCUT2D eigenvalue weighted by atomic mass is 32.2. The van der Waals surface area contributed by atoms with Crippen molar-refractivity contribution in [3.63, 3.8) is 0 Å². The zero-order valence-corrected chi connectivity index (χ0v) is 20.7. The molecule has 0 radical (unpaired) electrons. The molecule has 4 rings (SSSR count). The van der Waals surface area contributed by atoms with Crippen molar-refractivity contribution in [1.82, 2.24) is 19.4 Å². The Kier molecular flexibility index (Phi) is 7.16. The molecule has 0 amide bonds. The lowest BCUT2D eigenvalue weighted by Crippen LogP contribution is -2.54.